The van der Waals surface area contributed by atoms with Crippen molar-refractivity contribution in [2.75, 3.05) is 6.61 Å². The molecule has 2 nitrogen and oxygen atoms in total. The monoisotopic (exact) mass is 84.0 g/mol. The lowest BCUT2D eigenvalue weighted by Crippen LogP contribution is -2.01. The Morgan fingerprint density at radius 1 is 2.00 bits per heavy atom. The Kier molecular flexibility index (Phi) is 0.542. The lowest BCUT2D eigenvalue weighted by atomic mass is 10.4. The fourth-order valence-electron chi connectivity index (χ4n) is 0.197. The van der Waals surface area contributed by atoms with E-state index in [0.29, 0.717) is 12.7 Å². The van der Waals surface area contributed by atoms with Crippen LogP contribution in [0.2, 0.25) is 0 Å². The van der Waals surface area contributed by atoms with Gasteiger partial charge in [0.15, 0.2) is 0 Å². The molecule has 0 aromatic heterocycles. The molecule has 0 N–H and O–H groups in total. The van der Waals surface area contributed by atoms with Gasteiger partial charge in [0.1, 0.15) is 0 Å². The van der Waals surface area contributed by atoms with Gasteiger partial charge in [0.2, 0.25) is 0 Å². The fourth-order valence-corrected chi connectivity index (χ4v) is 0.197. The third-order valence-corrected chi connectivity index (χ3v) is 0.600. The van der Waals surface area contributed by atoms with Crippen molar-refractivity contribution in [3.05, 3.63) is 18.4 Å². The summed E-state index contributed by atoms with van der Waals surface area (Å²) < 4.78 is 4.47. The minimum atomic E-state index is -0.185. The Bertz CT molecular complexity index is 73.6. The molecule has 0 aromatic carbocycles. The van der Waals surface area contributed by atoms with Crippen molar-refractivity contribution >= 4 is 0 Å². The topological polar surface area (TPSA) is 35.6 Å². The van der Waals surface area contributed by atoms with Gasteiger partial charge in [0, 0.05) is 6.61 Å². The van der Waals surface area contributed by atoms with Gasteiger partial charge in [-0.15, -0.1) is 0 Å². The minimum Gasteiger partial charge on any atom is -0.898 e. The van der Waals surface area contributed by atoms with Crippen LogP contribution in [0.15, 0.2) is 12.3 Å². The van der Waals surface area contributed by atoms with E-state index in [1.807, 2.05) is 0 Å². The molecule has 0 radical (unpaired) electrons. The molecule has 0 aromatic rings. The molecule has 1 rings (SSSR count). The van der Waals surface area contributed by atoms with E-state index < -0.39 is 0 Å². The first-order chi connectivity index (χ1) is 2.80. The average molecular weight is 84.1 g/mol. The molecule has 6 heavy (non-hydrogen) atoms. The maximum absolute atomic E-state index is 9.93. The third kappa shape index (κ3) is 0.466. The highest BCUT2D eigenvalue weighted by molar-refractivity contribution is 5.13. The molecule has 1 aliphatic heterocycles. The second-order valence-electron chi connectivity index (χ2n) is 1.14. The minimum absolute atomic E-state index is 0.185. The summed E-state index contributed by atoms with van der Waals surface area (Å²) in [7, 11) is 0. The lowest BCUT2D eigenvalue weighted by molar-refractivity contribution is -0.301. The Labute approximate surface area is 36.0 Å². The van der Waals surface area contributed by atoms with Crippen LogP contribution in [-0.2, 0) is 4.74 Å². The molecule has 0 saturated carbocycles. The smallest absolute Gasteiger partial charge is 0.00954 e. The molecule has 34 valence electrons. The zero-order valence-electron chi connectivity index (χ0n) is 3.23. The van der Waals surface area contributed by atoms with Crippen LogP contribution in [-0.4, -0.2) is 6.61 Å². The summed E-state index contributed by atoms with van der Waals surface area (Å²) in [6, 6.07) is 0. The second-order valence-corrected chi connectivity index (χ2v) is 1.14. The summed E-state index contributed by atoms with van der Waals surface area (Å²) in [4.78, 5) is 0. The van der Waals surface area contributed by atoms with Crippen molar-refractivity contribution in [1.29, 1.82) is 0 Å². The lowest BCUT2D eigenvalue weighted by Gasteiger charge is -2.11. The summed E-state index contributed by atoms with van der Waals surface area (Å²) in [5, 5.41) is 9.93. The highest BCUT2D eigenvalue weighted by atomic mass is 16.6. The van der Waals surface area contributed by atoms with Crippen LogP contribution in [0.5, 0.6) is 0 Å². The van der Waals surface area contributed by atoms with Gasteiger partial charge >= 0.3 is 0 Å². The quantitative estimate of drug-likeness (QED) is 0.242. The maximum atomic E-state index is 9.93. The van der Waals surface area contributed by atoms with Gasteiger partial charge in [0.25, 0.3) is 0 Å². The molecule has 2 heteroatoms. The molecule has 1 aliphatic rings. The first-order valence-corrected chi connectivity index (χ1v) is 1.65. The zero-order valence-corrected chi connectivity index (χ0v) is 3.23. The molecule has 1 saturated heterocycles. The Morgan fingerprint density at radius 2 is 2.50 bits per heavy atom. The van der Waals surface area contributed by atoms with Crippen LogP contribution >= 0.6 is 0 Å². The van der Waals surface area contributed by atoms with Gasteiger partial charge in [0.05, 0.1) is 0 Å². The number of hydrogen-bond donors (Lipinski definition) is 0. The SMILES string of the molecule is C=C([O-])[C-]1CO1. The standard InChI is InChI=1S/C4H5O2/c1-3(5)4-2-6-4/h5H,1-2H2/q-1/p-1. The Balaban J connectivity index is 2.31. The van der Waals surface area contributed by atoms with Gasteiger partial charge in [-0.25, -0.2) is 0 Å². The fraction of sp³-hybridized carbons (Fsp3) is 0.250. The van der Waals surface area contributed by atoms with Gasteiger partial charge < -0.3 is 9.84 Å². The maximum Gasteiger partial charge on any atom is 0.00954 e. The molecular formula is C4H4O2-2. The van der Waals surface area contributed by atoms with E-state index in [9.17, 15) is 5.11 Å². The summed E-state index contributed by atoms with van der Waals surface area (Å²) >= 11 is 0. The largest absolute Gasteiger partial charge is 0.898 e. The van der Waals surface area contributed by atoms with E-state index in [-0.39, 0.29) is 5.76 Å². The van der Waals surface area contributed by atoms with Gasteiger partial charge in [-0.2, -0.15) is 0 Å². The van der Waals surface area contributed by atoms with Crippen LogP contribution in [0.25, 0.3) is 0 Å². The van der Waals surface area contributed by atoms with Crippen LogP contribution in [0.3, 0.4) is 0 Å². The van der Waals surface area contributed by atoms with E-state index in [4.69, 9.17) is 0 Å². The van der Waals surface area contributed by atoms with Crippen molar-refractivity contribution in [3.8, 4) is 0 Å². The molecule has 0 spiro atoms. The van der Waals surface area contributed by atoms with E-state index in [2.05, 4.69) is 11.3 Å². The first kappa shape index (κ1) is 3.56. The molecule has 0 unspecified atom stereocenters. The van der Waals surface area contributed by atoms with Crippen LogP contribution in [0, 0.1) is 6.10 Å². The first-order valence-electron chi connectivity index (χ1n) is 1.65. The molecule has 1 heterocycles. The predicted molar refractivity (Wildman–Crippen MR) is 18.3 cm³/mol. The van der Waals surface area contributed by atoms with E-state index in [0.717, 1.165) is 0 Å². The van der Waals surface area contributed by atoms with Gasteiger partial charge in [-0.1, -0.05) is 6.10 Å². The summed E-state index contributed by atoms with van der Waals surface area (Å²) in [5.74, 6) is -0.185. The molecule has 1 fully saturated rings. The number of epoxide rings is 1. The molecule has 0 bridgehead atoms. The summed E-state index contributed by atoms with van der Waals surface area (Å²) in [6.45, 7) is 3.60. The molecule has 0 aliphatic carbocycles. The Morgan fingerprint density at radius 3 is 2.50 bits per heavy atom. The van der Waals surface area contributed by atoms with Crippen molar-refractivity contribution in [3.63, 3.8) is 0 Å². The second kappa shape index (κ2) is 0.914. The van der Waals surface area contributed by atoms with Crippen LogP contribution < -0.4 is 5.11 Å². The predicted octanol–water partition coefficient (Wildman–Crippen LogP) is -0.577. The number of ether oxygens (including phenoxy) is 1. The van der Waals surface area contributed by atoms with Crippen molar-refractivity contribution in [1.82, 2.24) is 0 Å². The Hall–Kier alpha value is -0.630. The van der Waals surface area contributed by atoms with E-state index in [1.165, 1.54) is 0 Å². The van der Waals surface area contributed by atoms with Crippen molar-refractivity contribution in [2.45, 2.75) is 0 Å². The average Bonchev–Trinajstić information content (AvgIpc) is 2.06. The molecule has 0 atom stereocenters. The van der Waals surface area contributed by atoms with Crippen molar-refractivity contribution < 1.29 is 9.84 Å². The van der Waals surface area contributed by atoms with E-state index >= 15 is 0 Å². The van der Waals surface area contributed by atoms with Crippen LogP contribution in [0.1, 0.15) is 0 Å². The summed E-state index contributed by atoms with van der Waals surface area (Å²) in [6.07, 6.45) is 0.509. The zero-order chi connectivity index (χ0) is 4.57. The molecular weight excluding hydrogens is 80.0 g/mol. The highest BCUT2D eigenvalue weighted by Gasteiger charge is 2.06. The highest BCUT2D eigenvalue weighted by Crippen LogP contribution is 2.22. The van der Waals surface area contributed by atoms with Crippen molar-refractivity contribution in [2.24, 2.45) is 0 Å². The normalized spacial score (nSPS) is 17.7. The van der Waals surface area contributed by atoms with Gasteiger partial charge in [-0.3, -0.25) is 12.3 Å². The van der Waals surface area contributed by atoms with E-state index in [1.54, 1.807) is 0 Å². The van der Waals surface area contributed by atoms with Crippen LogP contribution in [0.4, 0.5) is 0 Å². The number of rotatable bonds is 1. The van der Waals surface area contributed by atoms with Gasteiger partial charge in [-0.05, 0) is 0 Å². The molecule has 0 amide bonds. The number of hydrogen-bond acceptors (Lipinski definition) is 2. The summed E-state index contributed by atoms with van der Waals surface area (Å²) in [5.41, 5.74) is 0. The third-order valence-electron chi connectivity index (χ3n) is 0.600.